The summed E-state index contributed by atoms with van der Waals surface area (Å²) in [6.45, 7) is 9.50. The smallest absolute Gasteiger partial charge is 0.258 e. The number of rotatable bonds is 9. The average molecular weight is 556 g/mol. The summed E-state index contributed by atoms with van der Waals surface area (Å²) in [6, 6.07) is 5.62. The monoisotopic (exact) mass is 555 g/mol. The number of hydrogen-bond donors (Lipinski definition) is 0. The molecule has 0 radical (unpaired) electrons. The predicted octanol–water partition coefficient (Wildman–Crippen LogP) is 4.39. The second-order valence-corrected chi connectivity index (χ2v) is 11.6. The summed E-state index contributed by atoms with van der Waals surface area (Å²) < 4.78 is 21.0. The Labute approximate surface area is 231 Å². The minimum absolute atomic E-state index is 0.00607. The van der Waals surface area contributed by atoms with Crippen molar-refractivity contribution >= 4 is 33.9 Å². The van der Waals surface area contributed by atoms with Gasteiger partial charge in [-0.2, -0.15) is 5.10 Å². The Kier molecular flexibility index (Phi) is 7.83. The summed E-state index contributed by atoms with van der Waals surface area (Å²) in [5.41, 5.74) is 0.452. The van der Waals surface area contributed by atoms with Gasteiger partial charge in [0.15, 0.2) is 5.78 Å². The highest BCUT2D eigenvalue weighted by atomic mass is 32.1. The van der Waals surface area contributed by atoms with Crippen molar-refractivity contribution in [3.63, 3.8) is 0 Å². The maximum Gasteiger partial charge on any atom is 0.258 e. The Bertz CT molecular complexity index is 1400. The van der Waals surface area contributed by atoms with Crippen molar-refractivity contribution in [3.8, 4) is 10.8 Å². The van der Waals surface area contributed by atoms with Crippen LogP contribution in [-0.2, 0) is 4.79 Å². The van der Waals surface area contributed by atoms with Gasteiger partial charge < -0.3 is 19.4 Å². The first-order chi connectivity index (χ1) is 18.4. The zero-order valence-electron chi connectivity index (χ0n) is 23.3. The third-order valence-corrected chi connectivity index (χ3v) is 8.34. The summed E-state index contributed by atoms with van der Waals surface area (Å²) in [4.78, 5) is 45.7. The SMILES string of the molecule is COc1ccc(F)cc1C(=O)CN1CN(CC(C)(C)C(=O)N(C)C(C)C)C(=O)c2c1sc(-n1cccn1)c2C. The van der Waals surface area contributed by atoms with Gasteiger partial charge in [-0.05, 0) is 58.9 Å². The van der Waals surface area contributed by atoms with E-state index in [-0.39, 0.29) is 54.7 Å². The molecule has 0 fully saturated rings. The molecule has 0 atom stereocenters. The number of benzene rings is 1. The van der Waals surface area contributed by atoms with Crippen LogP contribution in [0.25, 0.3) is 5.00 Å². The molecule has 4 rings (SSSR count). The number of Topliss-reactive ketones (excluding diaryl/α,β-unsaturated/α-hetero) is 1. The highest BCUT2D eigenvalue weighted by molar-refractivity contribution is 7.19. The highest BCUT2D eigenvalue weighted by Gasteiger charge is 2.41. The van der Waals surface area contributed by atoms with E-state index in [0.717, 1.165) is 16.6 Å². The van der Waals surface area contributed by atoms with E-state index in [9.17, 15) is 18.8 Å². The van der Waals surface area contributed by atoms with Crippen molar-refractivity contribution in [1.29, 1.82) is 0 Å². The maximum absolute atomic E-state index is 14.1. The van der Waals surface area contributed by atoms with Crippen molar-refractivity contribution < 1.29 is 23.5 Å². The first kappa shape index (κ1) is 28.3. The molecule has 0 saturated heterocycles. The molecule has 1 aromatic carbocycles. The number of thiophene rings is 1. The number of anilines is 1. The first-order valence-corrected chi connectivity index (χ1v) is 13.5. The van der Waals surface area contributed by atoms with Crippen LogP contribution in [0, 0.1) is 18.2 Å². The lowest BCUT2D eigenvalue weighted by Gasteiger charge is -2.41. The van der Waals surface area contributed by atoms with Crippen LogP contribution in [0.15, 0.2) is 36.7 Å². The fraction of sp³-hybridized carbons (Fsp3) is 0.429. The molecule has 9 nitrogen and oxygen atoms in total. The molecule has 0 saturated carbocycles. The van der Waals surface area contributed by atoms with Crippen molar-refractivity contribution in [2.75, 3.05) is 38.8 Å². The summed E-state index contributed by atoms with van der Waals surface area (Å²) in [5.74, 6) is -0.916. The molecule has 0 N–H and O–H groups in total. The van der Waals surface area contributed by atoms with Crippen molar-refractivity contribution in [2.24, 2.45) is 5.41 Å². The van der Waals surface area contributed by atoms with Crippen LogP contribution in [0.5, 0.6) is 5.75 Å². The number of amides is 2. The number of ketones is 1. The fourth-order valence-corrected chi connectivity index (χ4v) is 5.95. The molecule has 0 unspecified atom stereocenters. The van der Waals surface area contributed by atoms with E-state index in [1.807, 2.05) is 34.6 Å². The van der Waals surface area contributed by atoms with Crippen LogP contribution in [-0.4, -0.2) is 77.1 Å². The summed E-state index contributed by atoms with van der Waals surface area (Å²) in [5, 5.41) is 5.72. The molecule has 39 heavy (non-hydrogen) atoms. The van der Waals surface area contributed by atoms with Crippen LogP contribution in [0.4, 0.5) is 9.39 Å². The van der Waals surface area contributed by atoms with E-state index in [4.69, 9.17) is 4.74 Å². The Morgan fingerprint density at radius 1 is 1.23 bits per heavy atom. The first-order valence-electron chi connectivity index (χ1n) is 12.7. The lowest BCUT2D eigenvalue weighted by atomic mass is 9.90. The van der Waals surface area contributed by atoms with E-state index >= 15 is 0 Å². The lowest BCUT2D eigenvalue weighted by molar-refractivity contribution is -0.141. The number of fused-ring (bicyclic) bond motifs is 1. The normalized spacial score (nSPS) is 13.6. The average Bonchev–Trinajstić information content (AvgIpc) is 3.53. The second-order valence-electron chi connectivity index (χ2n) is 10.7. The third kappa shape index (κ3) is 5.40. The number of aromatic nitrogens is 2. The number of ether oxygens (including phenoxy) is 1. The molecule has 11 heteroatoms. The van der Waals surface area contributed by atoms with Gasteiger partial charge in [-0.3, -0.25) is 14.4 Å². The number of nitrogens with zero attached hydrogens (tertiary/aromatic N) is 5. The minimum atomic E-state index is -0.873. The van der Waals surface area contributed by atoms with Gasteiger partial charge in [0, 0.05) is 37.6 Å². The standard InChI is InChI=1S/C28H34FN5O4S/c1-17(2)31(6)27(37)28(4,5)15-33-16-32(14-21(35)20-13-19(29)9-10-22(20)38-7)26-23(24(33)36)18(3)25(39-26)34-12-8-11-30-34/h8-13,17H,14-16H2,1-7H3. The fourth-order valence-electron chi connectivity index (χ4n) is 4.72. The number of hydrogen-bond acceptors (Lipinski definition) is 7. The van der Waals surface area contributed by atoms with Crippen molar-refractivity contribution in [3.05, 3.63) is 59.2 Å². The third-order valence-electron chi connectivity index (χ3n) is 7.00. The van der Waals surface area contributed by atoms with Gasteiger partial charge in [0.2, 0.25) is 5.91 Å². The van der Waals surface area contributed by atoms with Crippen LogP contribution in [0.3, 0.4) is 0 Å². The zero-order valence-corrected chi connectivity index (χ0v) is 24.1. The summed E-state index contributed by atoms with van der Waals surface area (Å²) in [6.07, 6.45) is 3.45. The molecule has 3 heterocycles. The van der Waals surface area contributed by atoms with Gasteiger partial charge in [0.25, 0.3) is 5.91 Å². The Morgan fingerprint density at radius 2 is 1.95 bits per heavy atom. The molecule has 1 aliphatic rings. The number of methoxy groups -OCH3 is 1. The molecule has 208 valence electrons. The zero-order chi connectivity index (χ0) is 28.6. The molecule has 0 spiro atoms. The van der Waals surface area contributed by atoms with E-state index in [2.05, 4.69) is 5.10 Å². The van der Waals surface area contributed by atoms with E-state index in [1.165, 1.54) is 30.6 Å². The Hall–Kier alpha value is -3.73. The van der Waals surface area contributed by atoms with E-state index in [1.54, 1.807) is 44.9 Å². The molecule has 1 aliphatic heterocycles. The number of halogens is 1. The van der Waals surface area contributed by atoms with Crippen molar-refractivity contribution in [2.45, 2.75) is 40.7 Å². The topological polar surface area (TPSA) is 88.0 Å². The summed E-state index contributed by atoms with van der Waals surface area (Å²) >= 11 is 1.36. The lowest BCUT2D eigenvalue weighted by Crippen LogP contribution is -2.54. The van der Waals surface area contributed by atoms with Crippen LogP contribution < -0.4 is 9.64 Å². The quantitative estimate of drug-likeness (QED) is 0.364. The van der Waals surface area contributed by atoms with E-state index in [0.29, 0.717) is 10.6 Å². The van der Waals surface area contributed by atoms with Gasteiger partial charge in [0.05, 0.1) is 36.9 Å². The van der Waals surface area contributed by atoms with Crippen molar-refractivity contribution in [1.82, 2.24) is 19.6 Å². The predicted molar refractivity (Wildman–Crippen MR) is 148 cm³/mol. The molecule has 3 aromatic rings. The maximum atomic E-state index is 14.1. The largest absolute Gasteiger partial charge is 0.496 e. The van der Waals surface area contributed by atoms with Gasteiger partial charge >= 0.3 is 0 Å². The van der Waals surface area contributed by atoms with Crippen LogP contribution in [0.2, 0.25) is 0 Å². The molecular weight excluding hydrogens is 521 g/mol. The minimum Gasteiger partial charge on any atom is -0.496 e. The Balaban J connectivity index is 1.73. The van der Waals surface area contributed by atoms with E-state index < -0.39 is 11.2 Å². The molecule has 2 amide bonds. The van der Waals surface area contributed by atoms with Crippen LogP contribution >= 0.6 is 11.3 Å². The highest BCUT2D eigenvalue weighted by Crippen LogP contribution is 2.42. The van der Waals surface area contributed by atoms with Gasteiger partial charge in [-0.1, -0.05) is 11.3 Å². The molecule has 0 aliphatic carbocycles. The van der Waals surface area contributed by atoms with Gasteiger partial charge in [-0.25, -0.2) is 9.07 Å². The number of carbonyl (C=O) groups is 3. The van der Waals surface area contributed by atoms with Gasteiger partial charge in [-0.15, -0.1) is 0 Å². The Morgan fingerprint density at radius 3 is 2.56 bits per heavy atom. The van der Waals surface area contributed by atoms with Gasteiger partial charge in [0.1, 0.15) is 21.6 Å². The van der Waals surface area contributed by atoms with Crippen LogP contribution in [0.1, 0.15) is 54.0 Å². The second kappa shape index (κ2) is 10.8. The molecule has 0 bridgehead atoms. The number of carbonyl (C=O) groups excluding carboxylic acids is 3. The molecular formula is C28H34FN5O4S. The molecule has 2 aromatic heterocycles. The summed E-state index contributed by atoms with van der Waals surface area (Å²) in [7, 11) is 3.18.